The fourth-order valence-electron chi connectivity index (χ4n) is 4.51. The third-order valence-electron chi connectivity index (χ3n) is 6.69. The van der Waals surface area contributed by atoms with Gasteiger partial charge in [-0.2, -0.15) is 0 Å². The molecular formula is C26H35N5O4. The number of nitrogens with one attached hydrogen (secondary N) is 2. The summed E-state index contributed by atoms with van der Waals surface area (Å²) in [6, 6.07) is 9.35. The van der Waals surface area contributed by atoms with Crippen LogP contribution in [0.5, 0.6) is 0 Å². The zero-order valence-electron chi connectivity index (χ0n) is 20.7. The van der Waals surface area contributed by atoms with Crippen LogP contribution in [0.2, 0.25) is 0 Å². The lowest BCUT2D eigenvalue weighted by Gasteiger charge is -2.27. The number of hydrogen-bond donors (Lipinski definition) is 3. The molecule has 3 heterocycles. The molecule has 9 nitrogen and oxygen atoms in total. The maximum absolute atomic E-state index is 12.8. The van der Waals surface area contributed by atoms with E-state index in [0.29, 0.717) is 30.7 Å². The molecule has 2 aliphatic rings. The number of carbonyl (C=O) groups excluding carboxylic acids is 2. The first kappa shape index (κ1) is 24.9. The minimum Gasteiger partial charge on any atom is -0.394 e. The SMILES string of the molecule is CC[C@@H]1CCN(C(=O)Nc2ccc(C)c(-c3cc(N[C@H](C)CO)nc(N4CCOCC4=O)c3)c2)C1. The first-order valence-corrected chi connectivity index (χ1v) is 12.3. The number of amides is 3. The molecule has 3 amide bonds. The lowest BCUT2D eigenvalue weighted by Crippen LogP contribution is -2.42. The minimum atomic E-state index is -0.204. The van der Waals surface area contributed by atoms with Gasteiger partial charge in [-0.05, 0) is 67.1 Å². The number of ether oxygens (including phenoxy) is 1. The summed E-state index contributed by atoms with van der Waals surface area (Å²) in [6.45, 7) is 8.45. The van der Waals surface area contributed by atoms with Gasteiger partial charge >= 0.3 is 6.03 Å². The molecule has 9 heteroatoms. The summed E-state index contributed by atoms with van der Waals surface area (Å²) in [5.74, 6) is 1.52. The highest BCUT2D eigenvalue weighted by molar-refractivity contribution is 5.95. The Morgan fingerprint density at radius 3 is 2.83 bits per heavy atom. The van der Waals surface area contributed by atoms with E-state index < -0.39 is 0 Å². The van der Waals surface area contributed by atoms with Gasteiger partial charge in [0.2, 0.25) is 0 Å². The standard InChI is InChI=1S/C26H35N5O4/c1-4-19-7-8-30(14-19)26(34)28-21-6-5-17(2)22(13-21)20-11-23(27-18(3)15-32)29-24(12-20)31-9-10-35-16-25(31)33/h5-6,11-13,18-19,32H,4,7-10,14-16H2,1-3H3,(H,27,29)(H,28,34)/t18-,19-/m1/s1. The quantitative estimate of drug-likeness (QED) is 0.559. The molecular weight excluding hydrogens is 446 g/mol. The molecule has 35 heavy (non-hydrogen) atoms. The Balaban J connectivity index is 1.64. The van der Waals surface area contributed by atoms with Crippen LogP contribution in [-0.2, 0) is 9.53 Å². The largest absolute Gasteiger partial charge is 0.394 e. The lowest BCUT2D eigenvalue weighted by atomic mass is 10.00. The number of urea groups is 1. The van der Waals surface area contributed by atoms with E-state index in [2.05, 4.69) is 22.5 Å². The van der Waals surface area contributed by atoms with Gasteiger partial charge in [-0.15, -0.1) is 0 Å². The van der Waals surface area contributed by atoms with Crippen molar-refractivity contribution in [1.82, 2.24) is 9.88 Å². The van der Waals surface area contributed by atoms with Crippen molar-refractivity contribution in [3.05, 3.63) is 35.9 Å². The summed E-state index contributed by atoms with van der Waals surface area (Å²) >= 11 is 0. The van der Waals surface area contributed by atoms with Gasteiger partial charge in [0, 0.05) is 24.8 Å². The van der Waals surface area contributed by atoms with E-state index in [1.54, 1.807) is 4.90 Å². The molecule has 0 unspecified atom stereocenters. The first-order chi connectivity index (χ1) is 16.9. The van der Waals surface area contributed by atoms with Crippen LogP contribution in [0.4, 0.5) is 22.1 Å². The molecule has 0 aliphatic carbocycles. The number of aliphatic hydroxyl groups excluding tert-OH is 1. The molecule has 1 aromatic carbocycles. The monoisotopic (exact) mass is 481 g/mol. The second kappa shape index (κ2) is 11.0. The molecule has 2 aliphatic heterocycles. The maximum Gasteiger partial charge on any atom is 0.321 e. The molecule has 1 aromatic heterocycles. The Bertz CT molecular complexity index is 1080. The number of anilines is 3. The number of carbonyl (C=O) groups is 2. The Morgan fingerprint density at radius 2 is 2.11 bits per heavy atom. The number of aromatic nitrogens is 1. The topological polar surface area (TPSA) is 107 Å². The van der Waals surface area contributed by atoms with E-state index in [1.807, 2.05) is 49.1 Å². The average molecular weight is 482 g/mol. The summed E-state index contributed by atoms with van der Waals surface area (Å²) in [7, 11) is 0. The highest BCUT2D eigenvalue weighted by atomic mass is 16.5. The second-order valence-corrected chi connectivity index (χ2v) is 9.39. The number of morpholine rings is 1. The van der Waals surface area contributed by atoms with Crippen LogP contribution in [0.25, 0.3) is 11.1 Å². The Kier molecular flexibility index (Phi) is 7.87. The van der Waals surface area contributed by atoms with Gasteiger partial charge in [-0.1, -0.05) is 19.4 Å². The molecule has 4 rings (SSSR count). The van der Waals surface area contributed by atoms with Crippen LogP contribution < -0.4 is 15.5 Å². The molecule has 188 valence electrons. The third kappa shape index (κ3) is 5.91. The van der Waals surface area contributed by atoms with Gasteiger partial charge in [0.05, 0.1) is 19.8 Å². The van der Waals surface area contributed by atoms with E-state index in [9.17, 15) is 14.7 Å². The zero-order valence-corrected chi connectivity index (χ0v) is 20.7. The van der Waals surface area contributed by atoms with Gasteiger partial charge in [0.25, 0.3) is 5.91 Å². The number of aryl methyl sites for hydroxylation is 1. The number of nitrogens with zero attached hydrogens (tertiary/aromatic N) is 3. The number of rotatable bonds is 7. The highest BCUT2D eigenvalue weighted by Gasteiger charge is 2.26. The van der Waals surface area contributed by atoms with Crippen LogP contribution in [0.1, 0.15) is 32.3 Å². The van der Waals surface area contributed by atoms with Gasteiger partial charge in [0.1, 0.15) is 18.2 Å². The molecule has 2 fully saturated rings. The van der Waals surface area contributed by atoms with E-state index in [-0.39, 0.29) is 31.2 Å². The van der Waals surface area contributed by atoms with Gasteiger partial charge in [-0.25, -0.2) is 9.78 Å². The van der Waals surface area contributed by atoms with Crippen LogP contribution >= 0.6 is 0 Å². The maximum atomic E-state index is 12.8. The lowest BCUT2D eigenvalue weighted by molar-refractivity contribution is -0.125. The van der Waals surface area contributed by atoms with E-state index in [4.69, 9.17) is 4.74 Å². The Morgan fingerprint density at radius 1 is 1.29 bits per heavy atom. The third-order valence-corrected chi connectivity index (χ3v) is 6.69. The molecule has 2 aromatic rings. The van der Waals surface area contributed by atoms with Crippen molar-refractivity contribution in [1.29, 1.82) is 0 Å². The molecule has 2 saturated heterocycles. The number of likely N-dealkylation sites (tertiary alicyclic amines) is 1. The fraction of sp³-hybridized carbons (Fsp3) is 0.500. The summed E-state index contributed by atoms with van der Waals surface area (Å²) in [5.41, 5.74) is 3.54. The van der Waals surface area contributed by atoms with Crippen LogP contribution in [0.15, 0.2) is 30.3 Å². The minimum absolute atomic E-state index is 0.0254. The molecule has 2 atom stereocenters. The zero-order chi connectivity index (χ0) is 24.9. The Labute approximate surface area is 206 Å². The molecule has 3 N–H and O–H groups in total. The summed E-state index contributed by atoms with van der Waals surface area (Å²) in [6.07, 6.45) is 2.13. The van der Waals surface area contributed by atoms with E-state index >= 15 is 0 Å². The fourth-order valence-corrected chi connectivity index (χ4v) is 4.51. The van der Waals surface area contributed by atoms with Crippen molar-refractivity contribution in [2.45, 2.75) is 39.7 Å². The normalized spacial score (nSPS) is 19.1. The van der Waals surface area contributed by atoms with Crippen LogP contribution in [-0.4, -0.2) is 72.4 Å². The van der Waals surface area contributed by atoms with Crippen molar-refractivity contribution < 1.29 is 19.4 Å². The van der Waals surface area contributed by atoms with Crippen molar-refractivity contribution in [3.63, 3.8) is 0 Å². The van der Waals surface area contributed by atoms with Crippen LogP contribution in [0.3, 0.4) is 0 Å². The van der Waals surface area contributed by atoms with Gasteiger partial charge < -0.3 is 25.4 Å². The van der Waals surface area contributed by atoms with Crippen LogP contribution in [0, 0.1) is 12.8 Å². The van der Waals surface area contributed by atoms with E-state index in [1.165, 1.54) is 0 Å². The number of pyridine rings is 1. The predicted molar refractivity (Wildman–Crippen MR) is 137 cm³/mol. The van der Waals surface area contributed by atoms with Gasteiger partial charge in [-0.3, -0.25) is 9.69 Å². The van der Waals surface area contributed by atoms with E-state index in [0.717, 1.165) is 48.3 Å². The number of aliphatic hydroxyl groups is 1. The summed E-state index contributed by atoms with van der Waals surface area (Å²) < 4.78 is 5.28. The van der Waals surface area contributed by atoms with Crippen molar-refractivity contribution >= 4 is 29.3 Å². The molecule has 0 saturated carbocycles. The molecule has 0 radical (unpaired) electrons. The molecule has 0 spiro atoms. The van der Waals surface area contributed by atoms with Crippen molar-refractivity contribution in [2.75, 3.05) is 55.0 Å². The first-order valence-electron chi connectivity index (χ1n) is 12.3. The smallest absolute Gasteiger partial charge is 0.321 e. The summed E-state index contributed by atoms with van der Waals surface area (Å²) in [5, 5.41) is 15.8. The second-order valence-electron chi connectivity index (χ2n) is 9.39. The highest BCUT2D eigenvalue weighted by Crippen LogP contribution is 2.32. The Hall–Kier alpha value is -3.17. The average Bonchev–Trinajstić information content (AvgIpc) is 3.35. The van der Waals surface area contributed by atoms with Gasteiger partial charge in [0.15, 0.2) is 0 Å². The summed E-state index contributed by atoms with van der Waals surface area (Å²) in [4.78, 5) is 33.5. The predicted octanol–water partition coefficient (Wildman–Crippen LogP) is 3.48. The van der Waals surface area contributed by atoms with Crippen molar-refractivity contribution in [3.8, 4) is 11.1 Å². The van der Waals surface area contributed by atoms with Crippen molar-refractivity contribution in [2.24, 2.45) is 5.92 Å². The number of benzene rings is 1. The molecule has 0 bridgehead atoms. The number of hydrogen-bond acceptors (Lipinski definition) is 6.